The second-order valence-corrected chi connectivity index (χ2v) is 9.58. The molecule has 0 amide bonds. The number of hydrogen-bond acceptors (Lipinski definition) is 6. The molecular weight excluding hydrogens is 422 g/mol. The molecule has 156 valence electrons. The van der Waals surface area contributed by atoms with Crippen molar-refractivity contribution in [3.05, 3.63) is 72.3 Å². The predicted octanol–water partition coefficient (Wildman–Crippen LogP) is 3.49. The molecule has 0 aliphatic carbocycles. The van der Waals surface area contributed by atoms with Crippen LogP contribution in [0.1, 0.15) is 17.3 Å². The zero-order valence-electron chi connectivity index (χ0n) is 16.3. The number of carbonyl (C=O) groups excluding carboxylic acids is 2. The summed E-state index contributed by atoms with van der Waals surface area (Å²) in [5.74, 6) is -0.292. The monoisotopic (exact) mass is 443 g/mol. The Kier molecular flexibility index (Phi) is 6.91. The molecule has 0 atom stereocenters. The van der Waals surface area contributed by atoms with E-state index in [0.717, 1.165) is 26.8 Å². The molecule has 0 saturated carbocycles. The van der Waals surface area contributed by atoms with E-state index in [4.69, 9.17) is 0 Å². The number of aliphatic hydroxyl groups is 1. The number of benzene rings is 3. The smallest absolute Gasteiger partial charge is 0.264 e. The van der Waals surface area contributed by atoms with Crippen LogP contribution in [0.25, 0.3) is 10.8 Å². The third-order valence-corrected chi connectivity index (χ3v) is 7.11. The average molecular weight is 444 g/mol. The van der Waals surface area contributed by atoms with Gasteiger partial charge in [-0.25, -0.2) is 8.42 Å². The molecule has 0 radical (unpaired) electrons. The van der Waals surface area contributed by atoms with Crippen LogP contribution in [0, 0.1) is 0 Å². The summed E-state index contributed by atoms with van der Waals surface area (Å²) in [6, 6.07) is 18.5. The highest BCUT2D eigenvalue weighted by atomic mass is 32.2. The lowest BCUT2D eigenvalue weighted by atomic mass is 10.1. The lowest BCUT2D eigenvalue weighted by molar-refractivity contribution is -0.109. The number of fused-ring (bicyclic) bond motifs is 1. The Morgan fingerprint density at radius 1 is 0.967 bits per heavy atom. The molecular formula is C22H21NO5S2. The standard InChI is InChI=1S/C22H21NO5S2/c1-16(25)29-15-22(26)19-7-4-8-20(13-19)23(11-12-24)30(27,28)21-10-9-17-5-2-3-6-18(17)14-21/h2-10,13-14,24H,11-12,15H2,1H3. The average Bonchev–Trinajstić information content (AvgIpc) is 2.75. The van der Waals surface area contributed by atoms with E-state index in [1.54, 1.807) is 30.3 Å². The van der Waals surface area contributed by atoms with E-state index in [0.29, 0.717) is 5.56 Å². The van der Waals surface area contributed by atoms with E-state index >= 15 is 0 Å². The first-order valence-corrected chi connectivity index (χ1v) is 11.6. The van der Waals surface area contributed by atoms with Gasteiger partial charge in [0, 0.05) is 12.5 Å². The summed E-state index contributed by atoms with van der Waals surface area (Å²) >= 11 is 0.902. The van der Waals surface area contributed by atoms with Gasteiger partial charge in [0.1, 0.15) is 0 Å². The van der Waals surface area contributed by atoms with Crippen LogP contribution in [0.3, 0.4) is 0 Å². The summed E-state index contributed by atoms with van der Waals surface area (Å²) in [5, 5.41) is 11.0. The highest BCUT2D eigenvalue weighted by Gasteiger charge is 2.25. The Morgan fingerprint density at radius 2 is 1.70 bits per heavy atom. The molecule has 6 nitrogen and oxygen atoms in total. The number of carbonyl (C=O) groups is 2. The zero-order chi connectivity index (χ0) is 21.7. The van der Waals surface area contributed by atoms with E-state index in [1.807, 2.05) is 24.3 Å². The van der Waals surface area contributed by atoms with Crippen molar-refractivity contribution in [1.82, 2.24) is 0 Å². The first-order chi connectivity index (χ1) is 14.3. The third kappa shape index (κ3) is 4.89. The Balaban J connectivity index is 1.99. The highest BCUT2D eigenvalue weighted by Crippen LogP contribution is 2.27. The fraction of sp³-hybridized carbons (Fsp3) is 0.182. The molecule has 0 fully saturated rings. The Labute approximate surface area is 179 Å². The molecule has 0 aromatic heterocycles. The fourth-order valence-corrected chi connectivity index (χ4v) is 5.00. The molecule has 8 heteroatoms. The number of thioether (sulfide) groups is 1. The minimum absolute atomic E-state index is 0.0176. The van der Waals surface area contributed by atoms with Crippen molar-refractivity contribution in [2.75, 3.05) is 23.2 Å². The number of rotatable bonds is 8. The Morgan fingerprint density at radius 3 is 2.40 bits per heavy atom. The molecule has 0 spiro atoms. The number of ketones is 1. The van der Waals surface area contributed by atoms with Gasteiger partial charge in [-0.15, -0.1) is 0 Å². The number of sulfonamides is 1. The van der Waals surface area contributed by atoms with Crippen molar-refractivity contribution in [2.45, 2.75) is 11.8 Å². The Bertz CT molecular complexity index is 1190. The van der Waals surface area contributed by atoms with Gasteiger partial charge < -0.3 is 5.11 Å². The van der Waals surface area contributed by atoms with Crippen LogP contribution >= 0.6 is 11.8 Å². The van der Waals surface area contributed by atoms with Crippen LogP contribution in [0.4, 0.5) is 5.69 Å². The number of anilines is 1. The van der Waals surface area contributed by atoms with Crippen LogP contribution in [0.15, 0.2) is 71.6 Å². The fourth-order valence-electron chi connectivity index (χ4n) is 3.02. The molecule has 3 aromatic carbocycles. The largest absolute Gasteiger partial charge is 0.394 e. The molecule has 0 heterocycles. The van der Waals surface area contributed by atoms with Crippen LogP contribution in [-0.2, 0) is 14.8 Å². The van der Waals surface area contributed by atoms with Gasteiger partial charge in [0.15, 0.2) is 10.9 Å². The maximum absolute atomic E-state index is 13.3. The van der Waals surface area contributed by atoms with E-state index < -0.39 is 10.0 Å². The van der Waals surface area contributed by atoms with E-state index in [1.165, 1.54) is 19.1 Å². The first kappa shape index (κ1) is 22.0. The number of nitrogens with zero attached hydrogens (tertiary/aromatic N) is 1. The van der Waals surface area contributed by atoms with E-state index in [2.05, 4.69) is 0 Å². The summed E-state index contributed by atoms with van der Waals surface area (Å²) in [5.41, 5.74) is 0.578. The van der Waals surface area contributed by atoms with E-state index in [9.17, 15) is 23.1 Å². The van der Waals surface area contributed by atoms with Crippen molar-refractivity contribution >= 4 is 49.1 Å². The minimum Gasteiger partial charge on any atom is -0.394 e. The van der Waals surface area contributed by atoms with Gasteiger partial charge in [-0.3, -0.25) is 13.9 Å². The topological polar surface area (TPSA) is 91.8 Å². The molecule has 0 bridgehead atoms. The molecule has 0 aliphatic rings. The van der Waals surface area contributed by atoms with Crippen LogP contribution < -0.4 is 4.31 Å². The van der Waals surface area contributed by atoms with Crippen molar-refractivity contribution in [2.24, 2.45) is 0 Å². The molecule has 0 aliphatic heterocycles. The molecule has 30 heavy (non-hydrogen) atoms. The molecule has 0 saturated heterocycles. The zero-order valence-corrected chi connectivity index (χ0v) is 17.9. The van der Waals surface area contributed by atoms with Crippen molar-refractivity contribution in [3.63, 3.8) is 0 Å². The van der Waals surface area contributed by atoms with Gasteiger partial charge in [0.25, 0.3) is 10.0 Å². The molecule has 0 unspecified atom stereocenters. The maximum Gasteiger partial charge on any atom is 0.264 e. The van der Waals surface area contributed by atoms with Gasteiger partial charge in [-0.1, -0.05) is 54.2 Å². The number of aliphatic hydroxyl groups excluding tert-OH is 1. The van der Waals surface area contributed by atoms with Gasteiger partial charge >= 0.3 is 0 Å². The van der Waals surface area contributed by atoms with Crippen LogP contribution in [-0.4, -0.2) is 43.3 Å². The number of hydrogen-bond donors (Lipinski definition) is 1. The second kappa shape index (κ2) is 9.42. The van der Waals surface area contributed by atoms with Crippen LogP contribution in [0.5, 0.6) is 0 Å². The molecule has 1 N–H and O–H groups in total. The molecule has 3 rings (SSSR count). The summed E-state index contributed by atoms with van der Waals surface area (Å²) < 4.78 is 27.8. The van der Waals surface area contributed by atoms with Gasteiger partial charge in [0.2, 0.25) is 0 Å². The second-order valence-electron chi connectivity index (χ2n) is 6.56. The summed E-state index contributed by atoms with van der Waals surface area (Å²) in [6.45, 7) is 0.841. The SMILES string of the molecule is CC(=O)SCC(=O)c1cccc(N(CCO)S(=O)(=O)c2ccc3ccccc3c2)c1. The normalized spacial score (nSPS) is 11.4. The lowest BCUT2D eigenvalue weighted by Gasteiger charge is -2.24. The summed E-state index contributed by atoms with van der Waals surface area (Å²) in [7, 11) is -3.97. The van der Waals surface area contributed by atoms with Crippen molar-refractivity contribution in [3.8, 4) is 0 Å². The quantitative estimate of drug-likeness (QED) is 0.536. The third-order valence-electron chi connectivity index (χ3n) is 4.47. The lowest BCUT2D eigenvalue weighted by Crippen LogP contribution is -2.33. The van der Waals surface area contributed by atoms with Gasteiger partial charge in [-0.2, -0.15) is 0 Å². The predicted molar refractivity (Wildman–Crippen MR) is 119 cm³/mol. The van der Waals surface area contributed by atoms with Crippen molar-refractivity contribution in [1.29, 1.82) is 0 Å². The summed E-state index contributed by atoms with van der Waals surface area (Å²) in [6.07, 6.45) is 0. The minimum atomic E-state index is -3.97. The van der Waals surface area contributed by atoms with Crippen molar-refractivity contribution < 1.29 is 23.1 Å². The Hall–Kier alpha value is -2.68. The summed E-state index contributed by atoms with van der Waals surface area (Å²) in [4.78, 5) is 23.6. The number of Topliss-reactive ketones (excluding diaryl/α,β-unsaturated/α-hetero) is 1. The van der Waals surface area contributed by atoms with Gasteiger partial charge in [-0.05, 0) is 35.0 Å². The van der Waals surface area contributed by atoms with Gasteiger partial charge in [0.05, 0.1) is 29.5 Å². The highest BCUT2D eigenvalue weighted by molar-refractivity contribution is 8.14. The van der Waals surface area contributed by atoms with Crippen LogP contribution in [0.2, 0.25) is 0 Å². The maximum atomic E-state index is 13.3. The first-order valence-electron chi connectivity index (χ1n) is 9.22. The van der Waals surface area contributed by atoms with E-state index in [-0.39, 0.29) is 40.4 Å². The molecule has 3 aromatic rings.